The normalized spacial score (nSPS) is 11.2. The fraction of sp³-hybridized carbons (Fsp3) is 0.111. The van der Waals surface area contributed by atoms with E-state index in [-0.39, 0.29) is 11.5 Å². The molecule has 0 aliphatic heterocycles. The Hall–Kier alpha value is -1.64. The lowest BCUT2D eigenvalue weighted by Crippen LogP contribution is -2.10. The van der Waals surface area contributed by atoms with Crippen LogP contribution in [0.5, 0.6) is 0 Å². The maximum absolute atomic E-state index is 10.8. The Balaban J connectivity index is 3.05. The zero-order valence-corrected chi connectivity index (χ0v) is 6.65. The second kappa shape index (κ2) is 3.67. The highest BCUT2D eigenvalue weighted by atomic mass is 16.4. The summed E-state index contributed by atoms with van der Waals surface area (Å²) in [5, 5.41) is 12.9. The predicted octanol–water partition coefficient (Wildman–Crippen LogP) is 1.41. The van der Waals surface area contributed by atoms with Crippen molar-refractivity contribution in [2.75, 3.05) is 0 Å². The Morgan fingerprint density at radius 2 is 1.83 bits per heavy atom. The smallest absolute Gasteiger partial charge is 0.182 e. The Morgan fingerprint density at radius 3 is 2.25 bits per heavy atom. The third kappa shape index (κ3) is 1.69. The van der Waals surface area contributed by atoms with E-state index in [9.17, 15) is 10.0 Å². The van der Waals surface area contributed by atoms with Crippen LogP contribution in [0.15, 0.2) is 35.5 Å². The van der Waals surface area contributed by atoms with E-state index in [1.165, 1.54) is 6.92 Å². The summed E-state index contributed by atoms with van der Waals surface area (Å²) in [7, 11) is 0. The van der Waals surface area contributed by atoms with Gasteiger partial charge >= 0.3 is 0 Å². The Morgan fingerprint density at radius 1 is 1.25 bits per heavy atom. The molecule has 0 atom stereocenters. The molecule has 0 aliphatic rings. The number of Topliss-reactive ketones (excluding diaryl/α,β-unsaturated/α-hetero) is 1. The van der Waals surface area contributed by atoms with E-state index in [2.05, 4.69) is 5.16 Å². The largest absolute Gasteiger partial charge is 0.293 e. The average molecular weight is 162 g/mol. The van der Waals surface area contributed by atoms with Crippen molar-refractivity contribution < 1.29 is 10.0 Å². The lowest BCUT2D eigenvalue weighted by atomic mass is 10.1. The van der Waals surface area contributed by atoms with Crippen LogP contribution in [0.1, 0.15) is 12.5 Å². The van der Waals surface area contributed by atoms with Gasteiger partial charge in [-0.05, 0) is 5.16 Å². The number of rotatable bonds is 2. The van der Waals surface area contributed by atoms with Crippen LogP contribution in [-0.2, 0) is 10.0 Å². The molecule has 3 nitrogen and oxygen atoms in total. The highest BCUT2D eigenvalue weighted by Gasteiger charge is 2.08. The summed E-state index contributed by atoms with van der Waals surface area (Å²) in [4.78, 5) is 10.8. The average Bonchev–Trinajstić information content (AvgIpc) is 2.07. The molecule has 0 spiro atoms. The molecule has 0 saturated heterocycles. The molecule has 0 aliphatic carbocycles. The van der Waals surface area contributed by atoms with E-state index in [1.54, 1.807) is 24.3 Å². The van der Waals surface area contributed by atoms with E-state index in [0.717, 1.165) is 0 Å². The summed E-state index contributed by atoms with van der Waals surface area (Å²) in [6, 6.07) is 8.68. The van der Waals surface area contributed by atoms with Gasteiger partial charge in [0.05, 0.1) is 0 Å². The quantitative estimate of drug-likeness (QED) is 0.479. The maximum Gasteiger partial charge on any atom is 0.182 e. The molecule has 1 aromatic carbocycles. The maximum atomic E-state index is 10.8. The summed E-state index contributed by atoms with van der Waals surface area (Å²) in [6.07, 6.45) is 0. The zero-order chi connectivity index (χ0) is 8.97. The highest BCUT2D eigenvalue weighted by Crippen LogP contribution is 2.01. The predicted molar refractivity (Wildman–Crippen MR) is 44.3 cm³/mol. The van der Waals surface area contributed by atoms with Gasteiger partial charge < -0.3 is 0 Å². The number of ketones is 1. The van der Waals surface area contributed by atoms with Gasteiger partial charge in [-0.1, -0.05) is 30.3 Å². The standard InChI is InChI=1S/C9H8NO2/c1-7(11)9(10-12)8-5-3-2-4-6-8/h2-6H,1H3/b10-9-. The van der Waals surface area contributed by atoms with Gasteiger partial charge in [0.2, 0.25) is 0 Å². The van der Waals surface area contributed by atoms with Crippen molar-refractivity contribution in [1.29, 1.82) is 0 Å². The van der Waals surface area contributed by atoms with Crippen molar-refractivity contribution in [1.82, 2.24) is 0 Å². The van der Waals surface area contributed by atoms with Crippen molar-refractivity contribution in [3.63, 3.8) is 0 Å². The van der Waals surface area contributed by atoms with E-state index in [1.807, 2.05) is 6.07 Å². The van der Waals surface area contributed by atoms with Gasteiger partial charge in [-0.3, -0.25) is 4.79 Å². The summed E-state index contributed by atoms with van der Waals surface area (Å²) in [5.41, 5.74) is 0.551. The number of hydrogen-bond donors (Lipinski definition) is 0. The van der Waals surface area contributed by atoms with E-state index in [4.69, 9.17) is 0 Å². The minimum Gasteiger partial charge on any atom is -0.293 e. The van der Waals surface area contributed by atoms with Crippen LogP contribution in [0.2, 0.25) is 0 Å². The van der Waals surface area contributed by atoms with Gasteiger partial charge in [0.1, 0.15) is 0 Å². The molecule has 0 saturated carbocycles. The second-order valence-corrected chi connectivity index (χ2v) is 2.36. The molecule has 0 N–H and O–H groups in total. The van der Waals surface area contributed by atoms with Crippen molar-refractivity contribution in [2.45, 2.75) is 6.92 Å². The number of nitrogens with zero attached hydrogens (tertiary/aromatic N) is 1. The molecule has 1 rings (SSSR count). The van der Waals surface area contributed by atoms with Gasteiger partial charge in [-0.25, -0.2) is 0 Å². The molecule has 61 valence electrons. The van der Waals surface area contributed by atoms with Crippen LogP contribution < -0.4 is 0 Å². The van der Waals surface area contributed by atoms with Crippen LogP contribution >= 0.6 is 0 Å². The van der Waals surface area contributed by atoms with E-state index in [0.29, 0.717) is 5.56 Å². The van der Waals surface area contributed by atoms with E-state index >= 15 is 0 Å². The summed E-state index contributed by atoms with van der Waals surface area (Å²) in [5.74, 6) is -0.309. The first-order valence-electron chi connectivity index (χ1n) is 3.52. The van der Waals surface area contributed by atoms with Crippen LogP contribution in [-0.4, -0.2) is 11.5 Å². The van der Waals surface area contributed by atoms with Crippen LogP contribution in [0.25, 0.3) is 0 Å². The summed E-state index contributed by atoms with van der Waals surface area (Å²) < 4.78 is 0. The molecular weight excluding hydrogens is 154 g/mol. The molecule has 3 heteroatoms. The molecule has 0 heterocycles. The van der Waals surface area contributed by atoms with Gasteiger partial charge in [-0.2, -0.15) is 0 Å². The third-order valence-electron chi connectivity index (χ3n) is 1.47. The van der Waals surface area contributed by atoms with Crippen molar-refractivity contribution in [3.05, 3.63) is 35.9 Å². The Kier molecular flexibility index (Phi) is 2.58. The SMILES string of the molecule is CC(=O)/C(=N/[O])c1ccccc1. The van der Waals surface area contributed by atoms with Crippen LogP contribution in [0.3, 0.4) is 0 Å². The molecule has 0 fully saturated rings. The lowest BCUT2D eigenvalue weighted by molar-refractivity contribution is -0.111. The first kappa shape index (κ1) is 8.46. The van der Waals surface area contributed by atoms with Crippen molar-refractivity contribution in [3.8, 4) is 0 Å². The summed E-state index contributed by atoms with van der Waals surface area (Å²) >= 11 is 0. The van der Waals surface area contributed by atoms with Gasteiger partial charge in [0.15, 0.2) is 11.5 Å². The zero-order valence-electron chi connectivity index (χ0n) is 6.65. The second-order valence-electron chi connectivity index (χ2n) is 2.36. The van der Waals surface area contributed by atoms with E-state index < -0.39 is 0 Å². The van der Waals surface area contributed by atoms with Gasteiger partial charge in [-0.15, -0.1) is 5.21 Å². The fourth-order valence-electron chi connectivity index (χ4n) is 0.916. The molecule has 0 bridgehead atoms. The minimum absolute atomic E-state index is 0.0180. The highest BCUT2D eigenvalue weighted by molar-refractivity contribution is 6.45. The van der Waals surface area contributed by atoms with Gasteiger partial charge in [0.25, 0.3) is 0 Å². The molecular formula is C9H8NO2. The molecule has 0 amide bonds. The Bertz CT molecular complexity index is 304. The van der Waals surface area contributed by atoms with Crippen LogP contribution in [0, 0.1) is 0 Å². The number of carbonyl (C=O) groups is 1. The monoisotopic (exact) mass is 162 g/mol. The molecule has 1 aromatic rings. The first-order chi connectivity index (χ1) is 5.75. The summed E-state index contributed by atoms with van der Waals surface area (Å²) in [6.45, 7) is 1.32. The number of carbonyl (C=O) groups excluding carboxylic acids is 1. The Labute approximate surface area is 70.3 Å². The molecule has 1 radical (unpaired) electrons. The fourth-order valence-corrected chi connectivity index (χ4v) is 0.916. The number of hydrogen-bond acceptors (Lipinski definition) is 2. The minimum atomic E-state index is -0.309. The lowest BCUT2D eigenvalue weighted by Gasteiger charge is -1.96. The van der Waals surface area contributed by atoms with Crippen molar-refractivity contribution in [2.24, 2.45) is 5.16 Å². The third-order valence-corrected chi connectivity index (χ3v) is 1.47. The van der Waals surface area contributed by atoms with Gasteiger partial charge in [0, 0.05) is 12.5 Å². The molecule has 0 aromatic heterocycles. The first-order valence-corrected chi connectivity index (χ1v) is 3.52. The molecule has 12 heavy (non-hydrogen) atoms. The molecule has 0 unspecified atom stereocenters. The van der Waals surface area contributed by atoms with Crippen LogP contribution in [0.4, 0.5) is 0 Å². The topological polar surface area (TPSA) is 49.3 Å². The van der Waals surface area contributed by atoms with Crippen molar-refractivity contribution >= 4 is 11.5 Å². The number of benzene rings is 1.